The highest BCUT2D eigenvalue weighted by Gasteiger charge is 2.05. The smallest absolute Gasteiger partial charge is 0.174 e. The molecule has 0 radical (unpaired) electrons. The van der Waals surface area contributed by atoms with E-state index in [-0.39, 0.29) is 7.43 Å². The number of fused-ring (bicyclic) bond motifs is 1. The number of hydrogen-bond donors (Lipinski definition) is 1. The lowest BCUT2D eigenvalue weighted by atomic mass is 10.3. The summed E-state index contributed by atoms with van der Waals surface area (Å²) < 4.78 is 5.26. The van der Waals surface area contributed by atoms with E-state index in [0.29, 0.717) is 0 Å². The van der Waals surface area contributed by atoms with Crippen LogP contribution in [-0.4, -0.2) is 9.97 Å². The largest absolute Gasteiger partial charge is 0.461 e. The number of H-pyrrole nitrogens is 1. The van der Waals surface area contributed by atoms with Crippen LogP contribution in [0.2, 0.25) is 0 Å². The summed E-state index contributed by atoms with van der Waals surface area (Å²) in [5, 5.41) is 0. The number of nitrogens with zero attached hydrogens (tertiary/aromatic N) is 1. The number of para-hydroxylation sites is 2. The predicted octanol–water partition coefficient (Wildman–Crippen LogP) is 3.46. The standard InChI is InChI=1S/C11H8N2O.CH4/c1-2-5-9-8(4-1)12-11(13-9)10-6-3-7-14-10;/h1-7H,(H,12,13);1H4. The number of imidazole rings is 1. The molecule has 0 atom stereocenters. The first kappa shape index (κ1) is 9.52. The molecule has 3 aromatic rings. The van der Waals surface area contributed by atoms with Crippen LogP contribution in [0, 0.1) is 0 Å². The van der Waals surface area contributed by atoms with Crippen LogP contribution in [0.5, 0.6) is 0 Å². The second-order valence-electron chi connectivity index (χ2n) is 3.08. The quantitative estimate of drug-likeness (QED) is 0.653. The zero-order valence-electron chi connectivity index (χ0n) is 7.40. The van der Waals surface area contributed by atoms with Gasteiger partial charge in [-0.1, -0.05) is 19.6 Å². The van der Waals surface area contributed by atoms with E-state index in [9.17, 15) is 0 Å². The monoisotopic (exact) mass is 200 g/mol. The molecule has 3 nitrogen and oxygen atoms in total. The molecule has 2 heterocycles. The van der Waals surface area contributed by atoms with Crippen LogP contribution in [0.4, 0.5) is 0 Å². The molecule has 0 fully saturated rings. The molecule has 0 bridgehead atoms. The van der Waals surface area contributed by atoms with Gasteiger partial charge in [0, 0.05) is 0 Å². The highest BCUT2D eigenvalue weighted by atomic mass is 16.3. The van der Waals surface area contributed by atoms with E-state index in [4.69, 9.17) is 4.42 Å². The zero-order valence-corrected chi connectivity index (χ0v) is 7.40. The summed E-state index contributed by atoms with van der Waals surface area (Å²) in [6.07, 6.45) is 1.64. The fraction of sp³-hybridized carbons (Fsp3) is 0.0833. The maximum absolute atomic E-state index is 5.26. The van der Waals surface area contributed by atoms with Gasteiger partial charge in [-0.2, -0.15) is 0 Å². The topological polar surface area (TPSA) is 41.8 Å². The Kier molecular flexibility index (Phi) is 2.29. The minimum absolute atomic E-state index is 0. The first-order valence-electron chi connectivity index (χ1n) is 4.42. The van der Waals surface area contributed by atoms with Crippen molar-refractivity contribution in [3.8, 4) is 11.6 Å². The maximum atomic E-state index is 5.26. The second-order valence-corrected chi connectivity index (χ2v) is 3.08. The van der Waals surface area contributed by atoms with Gasteiger partial charge >= 0.3 is 0 Å². The summed E-state index contributed by atoms with van der Waals surface area (Å²) in [6.45, 7) is 0. The lowest BCUT2D eigenvalue weighted by molar-refractivity contribution is 0.578. The first-order valence-corrected chi connectivity index (χ1v) is 4.42. The fourth-order valence-electron chi connectivity index (χ4n) is 1.48. The lowest BCUT2D eigenvalue weighted by Crippen LogP contribution is -1.73. The average molecular weight is 200 g/mol. The van der Waals surface area contributed by atoms with Crippen LogP contribution in [-0.2, 0) is 0 Å². The summed E-state index contributed by atoms with van der Waals surface area (Å²) in [4.78, 5) is 7.60. The number of nitrogens with one attached hydrogen (secondary N) is 1. The SMILES string of the molecule is C.c1coc(-c2nc3ccccc3[nH]2)c1. The lowest BCUT2D eigenvalue weighted by Gasteiger charge is -1.85. The van der Waals surface area contributed by atoms with Crippen molar-refractivity contribution in [2.45, 2.75) is 7.43 Å². The molecule has 0 saturated carbocycles. The van der Waals surface area contributed by atoms with Gasteiger partial charge in [0.25, 0.3) is 0 Å². The van der Waals surface area contributed by atoms with E-state index in [2.05, 4.69) is 9.97 Å². The highest BCUT2D eigenvalue weighted by Crippen LogP contribution is 2.19. The Hall–Kier alpha value is -2.03. The van der Waals surface area contributed by atoms with Crippen molar-refractivity contribution in [3.05, 3.63) is 42.7 Å². The van der Waals surface area contributed by atoms with Crippen LogP contribution >= 0.6 is 0 Å². The molecule has 0 aliphatic heterocycles. The van der Waals surface area contributed by atoms with Crippen LogP contribution < -0.4 is 0 Å². The van der Waals surface area contributed by atoms with E-state index in [0.717, 1.165) is 22.6 Å². The third-order valence-corrected chi connectivity index (χ3v) is 2.14. The van der Waals surface area contributed by atoms with Gasteiger partial charge in [0.15, 0.2) is 11.6 Å². The Labute approximate surface area is 87.8 Å². The van der Waals surface area contributed by atoms with Crippen molar-refractivity contribution in [3.63, 3.8) is 0 Å². The molecule has 76 valence electrons. The molecule has 0 amide bonds. The molecule has 1 N–H and O–H groups in total. The highest BCUT2D eigenvalue weighted by molar-refractivity contribution is 5.78. The second kappa shape index (κ2) is 3.61. The molecule has 0 saturated heterocycles. The van der Waals surface area contributed by atoms with Gasteiger partial charge in [0.1, 0.15) is 0 Å². The van der Waals surface area contributed by atoms with Crippen LogP contribution in [0.15, 0.2) is 47.1 Å². The van der Waals surface area contributed by atoms with Crippen molar-refractivity contribution < 1.29 is 4.42 Å². The summed E-state index contributed by atoms with van der Waals surface area (Å²) >= 11 is 0. The number of hydrogen-bond acceptors (Lipinski definition) is 2. The van der Waals surface area contributed by atoms with Gasteiger partial charge in [-0.05, 0) is 24.3 Å². The Morgan fingerprint density at radius 3 is 2.67 bits per heavy atom. The van der Waals surface area contributed by atoms with Crippen molar-refractivity contribution in [1.29, 1.82) is 0 Å². The van der Waals surface area contributed by atoms with Gasteiger partial charge < -0.3 is 9.40 Å². The Morgan fingerprint density at radius 2 is 1.93 bits per heavy atom. The summed E-state index contributed by atoms with van der Waals surface area (Å²) in [6, 6.07) is 11.6. The first-order chi connectivity index (χ1) is 6.93. The van der Waals surface area contributed by atoms with Gasteiger partial charge in [-0.3, -0.25) is 0 Å². The number of benzene rings is 1. The predicted molar refractivity (Wildman–Crippen MR) is 60.5 cm³/mol. The third kappa shape index (κ3) is 1.52. The van der Waals surface area contributed by atoms with Gasteiger partial charge in [-0.25, -0.2) is 4.98 Å². The molecule has 2 aromatic heterocycles. The summed E-state index contributed by atoms with van der Waals surface area (Å²) in [7, 11) is 0. The average Bonchev–Trinajstić information content (AvgIpc) is 2.86. The van der Waals surface area contributed by atoms with Crippen molar-refractivity contribution >= 4 is 11.0 Å². The van der Waals surface area contributed by atoms with E-state index in [1.165, 1.54) is 0 Å². The van der Waals surface area contributed by atoms with Crippen LogP contribution in [0.1, 0.15) is 7.43 Å². The van der Waals surface area contributed by atoms with Crippen molar-refractivity contribution in [1.82, 2.24) is 9.97 Å². The molecular weight excluding hydrogens is 188 g/mol. The molecule has 3 rings (SSSR count). The Bertz CT molecular complexity index is 519. The van der Waals surface area contributed by atoms with E-state index >= 15 is 0 Å². The van der Waals surface area contributed by atoms with Gasteiger partial charge in [0.2, 0.25) is 0 Å². The molecule has 0 spiro atoms. The number of aromatic nitrogens is 2. The minimum Gasteiger partial charge on any atom is -0.461 e. The van der Waals surface area contributed by atoms with Gasteiger partial charge in [0.05, 0.1) is 17.3 Å². The van der Waals surface area contributed by atoms with E-state index in [1.54, 1.807) is 6.26 Å². The minimum atomic E-state index is 0. The molecule has 0 unspecified atom stereocenters. The number of aromatic amines is 1. The fourth-order valence-corrected chi connectivity index (χ4v) is 1.48. The van der Waals surface area contributed by atoms with Crippen LogP contribution in [0.3, 0.4) is 0 Å². The molecular formula is C12H12N2O. The molecule has 1 aromatic carbocycles. The molecule has 15 heavy (non-hydrogen) atoms. The molecule has 0 aliphatic carbocycles. The zero-order chi connectivity index (χ0) is 9.38. The normalized spacial score (nSPS) is 10.1. The maximum Gasteiger partial charge on any atom is 0.174 e. The molecule has 0 aliphatic rings. The Morgan fingerprint density at radius 1 is 1.07 bits per heavy atom. The molecule has 3 heteroatoms. The van der Waals surface area contributed by atoms with Crippen molar-refractivity contribution in [2.75, 3.05) is 0 Å². The van der Waals surface area contributed by atoms with E-state index < -0.39 is 0 Å². The Balaban J connectivity index is 0.000000853. The van der Waals surface area contributed by atoms with E-state index in [1.807, 2.05) is 36.4 Å². The third-order valence-electron chi connectivity index (χ3n) is 2.14. The number of furan rings is 1. The van der Waals surface area contributed by atoms with Crippen LogP contribution in [0.25, 0.3) is 22.6 Å². The van der Waals surface area contributed by atoms with Crippen molar-refractivity contribution in [2.24, 2.45) is 0 Å². The summed E-state index contributed by atoms with van der Waals surface area (Å²) in [5.41, 5.74) is 1.98. The summed E-state index contributed by atoms with van der Waals surface area (Å²) in [5.74, 6) is 1.54. The van der Waals surface area contributed by atoms with Gasteiger partial charge in [-0.15, -0.1) is 0 Å². The number of rotatable bonds is 1.